The highest BCUT2D eigenvalue weighted by Crippen LogP contribution is 2.33. The molecule has 2 aromatic carbocycles. The highest BCUT2D eigenvalue weighted by atomic mass is 35.5. The van der Waals surface area contributed by atoms with Crippen molar-refractivity contribution in [3.63, 3.8) is 0 Å². The van der Waals surface area contributed by atoms with Crippen molar-refractivity contribution in [2.75, 3.05) is 18.9 Å². The second-order valence-electron chi connectivity index (χ2n) is 6.28. The zero-order valence-corrected chi connectivity index (χ0v) is 18.8. The second-order valence-corrected chi connectivity index (χ2v) is 8.19. The van der Waals surface area contributed by atoms with E-state index >= 15 is 0 Å². The zero-order chi connectivity index (χ0) is 22.2. The number of aromatic nitrogens is 2. The summed E-state index contributed by atoms with van der Waals surface area (Å²) >= 11 is 13.7. The molecule has 3 N–H and O–H groups in total. The number of ether oxygens (including phenoxy) is 2. The van der Waals surface area contributed by atoms with Crippen molar-refractivity contribution < 1.29 is 14.3 Å². The van der Waals surface area contributed by atoms with E-state index in [4.69, 9.17) is 38.4 Å². The monoisotopic (exact) mass is 479 g/mol. The SMILES string of the molecule is Cc1ccccc1OCCOc1c(Cl)cc(/C=N/NC(=O)Cc2nnc(N)s2)cc1Cl. The Morgan fingerprint density at radius 1 is 1.19 bits per heavy atom. The predicted molar refractivity (Wildman–Crippen MR) is 122 cm³/mol. The molecule has 1 heterocycles. The molecule has 0 bridgehead atoms. The molecular weight excluding hydrogens is 461 g/mol. The van der Waals surface area contributed by atoms with E-state index in [0.29, 0.717) is 38.1 Å². The molecule has 8 nitrogen and oxygen atoms in total. The molecule has 0 aliphatic rings. The van der Waals surface area contributed by atoms with E-state index in [2.05, 4.69) is 20.7 Å². The second kappa shape index (κ2) is 10.9. The van der Waals surface area contributed by atoms with Crippen molar-refractivity contribution in [1.29, 1.82) is 0 Å². The lowest BCUT2D eigenvalue weighted by Gasteiger charge is -2.12. The van der Waals surface area contributed by atoms with Crippen LogP contribution in [-0.4, -0.2) is 35.5 Å². The summed E-state index contributed by atoms with van der Waals surface area (Å²) in [6.45, 7) is 2.58. The highest BCUT2D eigenvalue weighted by Gasteiger charge is 2.10. The summed E-state index contributed by atoms with van der Waals surface area (Å²) < 4.78 is 11.4. The van der Waals surface area contributed by atoms with E-state index in [1.165, 1.54) is 6.21 Å². The fourth-order valence-corrected chi connectivity index (χ4v) is 3.72. The minimum atomic E-state index is -0.349. The van der Waals surface area contributed by atoms with Crippen LogP contribution in [0.4, 0.5) is 5.13 Å². The molecule has 31 heavy (non-hydrogen) atoms. The molecule has 0 saturated heterocycles. The lowest BCUT2D eigenvalue weighted by Crippen LogP contribution is -2.19. The van der Waals surface area contributed by atoms with Gasteiger partial charge in [0.25, 0.3) is 0 Å². The Labute approximate surface area is 193 Å². The summed E-state index contributed by atoms with van der Waals surface area (Å²) in [6, 6.07) is 11.0. The van der Waals surface area contributed by atoms with Crippen LogP contribution in [0.3, 0.4) is 0 Å². The Morgan fingerprint density at radius 2 is 1.90 bits per heavy atom. The number of nitrogen functional groups attached to an aromatic ring is 1. The van der Waals surface area contributed by atoms with Crippen molar-refractivity contribution in [2.24, 2.45) is 5.10 Å². The smallest absolute Gasteiger partial charge is 0.247 e. The summed E-state index contributed by atoms with van der Waals surface area (Å²) in [5.41, 5.74) is 9.52. The van der Waals surface area contributed by atoms with Crippen molar-refractivity contribution in [3.05, 3.63) is 62.6 Å². The number of nitrogens with one attached hydrogen (secondary N) is 1. The number of hydrogen-bond acceptors (Lipinski definition) is 8. The number of nitrogens with zero attached hydrogens (tertiary/aromatic N) is 3. The van der Waals surface area contributed by atoms with Crippen molar-refractivity contribution >= 4 is 51.8 Å². The highest BCUT2D eigenvalue weighted by molar-refractivity contribution is 7.15. The van der Waals surface area contributed by atoms with Gasteiger partial charge in [0.1, 0.15) is 24.0 Å². The number of nitrogens with two attached hydrogens (primary N) is 1. The van der Waals surface area contributed by atoms with Crippen LogP contribution in [0.15, 0.2) is 41.5 Å². The number of amides is 1. The molecule has 0 saturated carbocycles. The predicted octanol–water partition coefficient (Wildman–Crippen LogP) is 3.89. The van der Waals surface area contributed by atoms with Gasteiger partial charge >= 0.3 is 0 Å². The Hall–Kier alpha value is -2.88. The summed E-state index contributed by atoms with van der Waals surface area (Å²) in [7, 11) is 0. The molecular formula is C20H19Cl2N5O3S. The van der Waals surface area contributed by atoms with Crippen molar-refractivity contribution in [2.45, 2.75) is 13.3 Å². The van der Waals surface area contributed by atoms with E-state index in [1.54, 1.807) is 12.1 Å². The summed E-state index contributed by atoms with van der Waals surface area (Å²) in [4.78, 5) is 11.9. The number of anilines is 1. The third-order valence-electron chi connectivity index (χ3n) is 3.90. The van der Waals surface area contributed by atoms with Crippen LogP contribution in [0.25, 0.3) is 0 Å². The number of hydrogen-bond donors (Lipinski definition) is 2. The van der Waals surface area contributed by atoms with Gasteiger partial charge in [-0.25, -0.2) is 5.43 Å². The largest absolute Gasteiger partial charge is 0.490 e. The number of benzene rings is 2. The van der Waals surface area contributed by atoms with Gasteiger partial charge in [-0.2, -0.15) is 5.10 Å². The van der Waals surface area contributed by atoms with Gasteiger partial charge < -0.3 is 15.2 Å². The summed E-state index contributed by atoms with van der Waals surface area (Å²) in [6.07, 6.45) is 1.46. The molecule has 0 aliphatic heterocycles. The first-order chi connectivity index (χ1) is 14.9. The standard InChI is InChI=1S/C20H19Cl2N5O3S/c1-12-4-2-3-5-16(12)29-6-7-30-19-14(21)8-13(9-15(19)22)11-24-25-17(28)10-18-26-27-20(23)31-18/h2-5,8-9,11H,6-7,10H2,1H3,(H2,23,27)(H,25,28)/b24-11+. The van der Waals surface area contributed by atoms with Crippen LogP contribution in [0.2, 0.25) is 10.0 Å². The lowest BCUT2D eigenvalue weighted by molar-refractivity contribution is -0.120. The number of carbonyl (C=O) groups excluding carboxylic acids is 1. The average Bonchev–Trinajstić information content (AvgIpc) is 3.12. The van der Waals surface area contributed by atoms with Gasteiger partial charge in [0.15, 0.2) is 5.75 Å². The van der Waals surface area contributed by atoms with Crippen molar-refractivity contribution in [1.82, 2.24) is 15.6 Å². The third-order valence-corrected chi connectivity index (χ3v) is 5.21. The molecule has 3 aromatic rings. The zero-order valence-electron chi connectivity index (χ0n) is 16.5. The van der Waals surface area contributed by atoms with E-state index in [-0.39, 0.29) is 18.9 Å². The number of carbonyl (C=O) groups is 1. The Bertz CT molecular complexity index is 1070. The summed E-state index contributed by atoms with van der Waals surface area (Å²) in [5, 5.41) is 12.8. The molecule has 1 amide bonds. The van der Waals surface area contributed by atoms with Crippen molar-refractivity contribution in [3.8, 4) is 11.5 Å². The van der Waals surface area contributed by atoms with E-state index in [1.807, 2.05) is 31.2 Å². The quantitative estimate of drug-likeness (QED) is 0.273. The fourth-order valence-electron chi connectivity index (χ4n) is 2.50. The molecule has 0 unspecified atom stereocenters. The number of para-hydroxylation sites is 1. The normalized spacial score (nSPS) is 10.9. The molecule has 162 valence electrons. The van der Waals surface area contributed by atoms with Crippen LogP contribution in [-0.2, 0) is 11.2 Å². The first-order valence-corrected chi connectivity index (χ1v) is 10.7. The van der Waals surface area contributed by atoms with Crippen LogP contribution in [0.5, 0.6) is 11.5 Å². The van der Waals surface area contributed by atoms with Gasteiger partial charge in [0.05, 0.1) is 22.7 Å². The number of hydrazone groups is 1. The molecule has 0 spiro atoms. The van der Waals surface area contributed by atoms with Gasteiger partial charge in [-0.3, -0.25) is 4.79 Å². The lowest BCUT2D eigenvalue weighted by atomic mass is 10.2. The first kappa shape index (κ1) is 22.8. The Kier molecular flexibility index (Phi) is 8.05. The number of rotatable bonds is 9. The van der Waals surface area contributed by atoms with Gasteiger partial charge in [0, 0.05) is 0 Å². The average molecular weight is 480 g/mol. The van der Waals surface area contributed by atoms with Crippen LogP contribution in [0, 0.1) is 6.92 Å². The van der Waals surface area contributed by atoms with Gasteiger partial charge in [-0.05, 0) is 36.2 Å². The van der Waals surface area contributed by atoms with Gasteiger partial charge in [-0.15, -0.1) is 10.2 Å². The Balaban J connectivity index is 1.50. The third kappa shape index (κ3) is 6.81. The molecule has 0 radical (unpaired) electrons. The van der Waals surface area contributed by atoms with E-state index < -0.39 is 0 Å². The molecule has 0 fully saturated rings. The van der Waals surface area contributed by atoms with Gasteiger partial charge in [-0.1, -0.05) is 52.7 Å². The number of aryl methyl sites for hydroxylation is 1. The summed E-state index contributed by atoms with van der Waals surface area (Å²) in [5.74, 6) is 0.802. The number of halogens is 2. The first-order valence-electron chi connectivity index (χ1n) is 9.12. The fraction of sp³-hybridized carbons (Fsp3) is 0.200. The molecule has 11 heteroatoms. The minimum Gasteiger partial charge on any atom is -0.490 e. The maximum Gasteiger partial charge on any atom is 0.247 e. The van der Waals surface area contributed by atoms with E-state index in [0.717, 1.165) is 22.6 Å². The molecule has 1 aromatic heterocycles. The van der Waals surface area contributed by atoms with E-state index in [9.17, 15) is 4.79 Å². The maximum absolute atomic E-state index is 11.9. The maximum atomic E-state index is 11.9. The Morgan fingerprint density at radius 3 is 2.58 bits per heavy atom. The van der Waals surface area contributed by atoms with Gasteiger partial charge in [0.2, 0.25) is 11.0 Å². The van der Waals surface area contributed by atoms with Crippen LogP contribution >= 0.6 is 34.5 Å². The molecule has 0 atom stereocenters. The van der Waals surface area contributed by atoms with Crippen LogP contribution in [0.1, 0.15) is 16.1 Å². The topological polar surface area (TPSA) is 112 Å². The minimum absolute atomic E-state index is 0.0328. The van der Waals surface area contributed by atoms with Crippen LogP contribution < -0.4 is 20.6 Å². The molecule has 3 rings (SSSR count). The molecule has 0 aliphatic carbocycles.